The van der Waals surface area contributed by atoms with E-state index in [1.165, 1.54) is 0 Å². The van der Waals surface area contributed by atoms with Crippen LogP contribution in [0.5, 0.6) is 0 Å². The van der Waals surface area contributed by atoms with Crippen LogP contribution >= 0.6 is 0 Å². The molecule has 0 aromatic carbocycles. The molecule has 1 saturated carbocycles. The third-order valence-electron chi connectivity index (χ3n) is 4.56. The average Bonchev–Trinajstić information content (AvgIpc) is 2.47. The first-order chi connectivity index (χ1) is 10.2. The Morgan fingerprint density at radius 1 is 1.24 bits per heavy atom. The number of carbonyl (C=O) groups excluding carboxylic acids is 1. The van der Waals surface area contributed by atoms with E-state index in [0.29, 0.717) is 25.2 Å². The molecule has 0 spiro atoms. The Labute approximate surface area is 128 Å². The maximum absolute atomic E-state index is 12.1. The first kappa shape index (κ1) is 16.7. The molecule has 0 aromatic heterocycles. The lowest BCUT2D eigenvalue weighted by Crippen LogP contribution is -2.50. The highest BCUT2D eigenvalue weighted by Crippen LogP contribution is 2.29. The van der Waals surface area contributed by atoms with Crippen molar-refractivity contribution < 1.29 is 14.3 Å². The third-order valence-corrected chi connectivity index (χ3v) is 4.56. The van der Waals surface area contributed by atoms with Crippen LogP contribution in [0, 0.1) is 11.8 Å². The van der Waals surface area contributed by atoms with Crippen molar-refractivity contribution >= 4 is 5.91 Å². The number of nitrogens with zero attached hydrogens (tertiary/aromatic N) is 1. The lowest BCUT2D eigenvalue weighted by atomic mass is 9.82. The second-order valence-corrected chi connectivity index (χ2v) is 6.38. The molecule has 1 heterocycles. The minimum atomic E-state index is 0.192. The van der Waals surface area contributed by atoms with Crippen molar-refractivity contribution in [2.75, 3.05) is 46.5 Å². The van der Waals surface area contributed by atoms with Gasteiger partial charge in [0.2, 0.25) is 5.91 Å². The maximum atomic E-state index is 12.1. The molecule has 5 heteroatoms. The minimum Gasteiger partial charge on any atom is -0.381 e. The second-order valence-electron chi connectivity index (χ2n) is 6.38. The van der Waals surface area contributed by atoms with Crippen LogP contribution in [0.2, 0.25) is 0 Å². The molecule has 2 aliphatic rings. The Morgan fingerprint density at radius 2 is 1.95 bits per heavy atom. The summed E-state index contributed by atoms with van der Waals surface area (Å²) in [6, 6.07) is 0. The van der Waals surface area contributed by atoms with Gasteiger partial charge in [-0.2, -0.15) is 0 Å². The summed E-state index contributed by atoms with van der Waals surface area (Å²) in [5.41, 5.74) is 0. The predicted molar refractivity (Wildman–Crippen MR) is 82.2 cm³/mol. The van der Waals surface area contributed by atoms with Gasteiger partial charge in [-0.3, -0.25) is 4.79 Å². The largest absolute Gasteiger partial charge is 0.381 e. The van der Waals surface area contributed by atoms with E-state index in [4.69, 9.17) is 9.47 Å². The van der Waals surface area contributed by atoms with Gasteiger partial charge in [0.25, 0.3) is 0 Å². The summed E-state index contributed by atoms with van der Waals surface area (Å²) in [6.45, 7) is 6.96. The van der Waals surface area contributed by atoms with Crippen molar-refractivity contribution in [2.24, 2.45) is 11.8 Å². The fourth-order valence-electron chi connectivity index (χ4n) is 3.17. The number of carbonyl (C=O) groups is 1. The number of likely N-dealkylation sites (tertiary alicyclic amines) is 1. The lowest BCUT2D eigenvalue weighted by Gasteiger charge is -2.35. The fraction of sp³-hybridized carbons (Fsp3) is 0.938. The Hall–Kier alpha value is -0.650. The van der Waals surface area contributed by atoms with Crippen LogP contribution in [0.25, 0.3) is 0 Å². The van der Waals surface area contributed by atoms with Gasteiger partial charge in [-0.1, -0.05) is 0 Å². The number of likely N-dealkylation sites (N-methyl/N-ethyl adjacent to an activating group) is 1. The number of rotatable bonds is 8. The summed E-state index contributed by atoms with van der Waals surface area (Å²) in [7, 11) is 2.09. The van der Waals surface area contributed by atoms with Crippen molar-refractivity contribution in [2.45, 2.75) is 38.7 Å². The standard InChI is InChI=1S/C16H30N2O3/c1-3-20-12-13-4-6-14(7-5-13)16(19)17-8-9-21-15-10-18(2)11-15/h13-15H,3-12H2,1-2H3,(H,17,19). The highest BCUT2D eigenvalue weighted by atomic mass is 16.5. The Kier molecular flexibility index (Phi) is 6.93. The zero-order valence-corrected chi connectivity index (χ0v) is 13.5. The lowest BCUT2D eigenvalue weighted by molar-refractivity contribution is -0.127. The smallest absolute Gasteiger partial charge is 0.223 e. The Bertz CT molecular complexity index is 311. The molecule has 0 aromatic rings. The van der Waals surface area contributed by atoms with Crippen molar-refractivity contribution in [1.82, 2.24) is 10.2 Å². The predicted octanol–water partition coefficient (Wildman–Crippen LogP) is 1.28. The summed E-state index contributed by atoms with van der Waals surface area (Å²) < 4.78 is 11.1. The van der Waals surface area contributed by atoms with E-state index in [1.807, 2.05) is 6.92 Å². The van der Waals surface area contributed by atoms with Crippen molar-refractivity contribution in [3.63, 3.8) is 0 Å². The number of nitrogens with one attached hydrogen (secondary N) is 1. The van der Waals surface area contributed by atoms with Crippen LogP contribution in [0.4, 0.5) is 0 Å². The first-order valence-electron chi connectivity index (χ1n) is 8.34. The Morgan fingerprint density at radius 3 is 2.57 bits per heavy atom. The number of hydrogen-bond donors (Lipinski definition) is 1. The van der Waals surface area contributed by atoms with Gasteiger partial charge in [0.05, 0.1) is 12.7 Å². The molecule has 1 aliphatic carbocycles. The van der Waals surface area contributed by atoms with Crippen LogP contribution in [0.3, 0.4) is 0 Å². The zero-order chi connectivity index (χ0) is 15.1. The van der Waals surface area contributed by atoms with Crippen LogP contribution in [-0.4, -0.2) is 63.4 Å². The number of amides is 1. The highest BCUT2D eigenvalue weighted by Gasteiger charge is 2.26. The summed E-state index contributed by atoms with van der Waals surface area (Å²) in [5.74, 6) is 1.05. The molecule has 1 saturated heterocycles. The quantitative estimate of drug-likeness (QED) is 0.686. The molecule has 0 atom stereocenters. The third kappa shape index (κ3) is 5.57. The normalized spacial score (nSPS) is 27.3. The molecule has 0 bridgehead atoms. The maximum Gasteiger partial charge on any atom is 0.223 e. The zero-order valence-electron chi connectivity index (χ0n) is 13.5. The molecule has 2 fully saturated rings. The molecule has 1 amide bonds. The fourth-order valence-corrected chi connectivity index (χ4v) is 3.17. The molecule has 21 heavy (non-hydrogen) atoms. The van der Waals surface area contributed by atoms with E-state index >= 15 is 0 Å². The van der Waals surface area contributed by atoms with E-state index in [-0.39, 0.29) is 11.8 Å². The molecular weight excluding hydrogens is 268 g/mol. The van der Waals surface area contributed by atoms with Crippen LogP contribution < -0.4 is 5.32 Å². The number of hydrogen-bond acceptors (Lipinski definition) is 4. The molecule has 2 rings (SSSR count). The van der Waals surface area contributed by atoms with Gasteiger partial charge >= 0.3 is 0 Å². The second kappa shape index (κ2) is 8.71. The SMILES string of the molecule is CCOCC1CCC(C(=O)NCCOC2CN(C)C2)CC1. The molecule has 0 radical (unpaired) electrons. The van der Waals surface area contributed by atoms with Gasteiger partial charge in [0, 0.05) is 38.8 Å². The molecular formula is C16H30N2O3. The van der Waals surface area contributed by atoms with E-state index in [2.05, 4.69) is 17.3 Å². The first-order valence-corrected chi connectivity index (χ1v) is 8.34. The van der Waals surface area contributed by atoms with Crippen LogP contribution in [-0.2, 0) is 14.3 Å². The minimum absolute atomic E-state index is 0.192. The van der Waals surface area contributed by atoms with Crippen LogP contribution in [0.1, 0.15) is 32.6 Å². The summed E-state index contributed by atoms with van der Waals surface area (Å²) in [4.78, 5) is 14.3. The van der Waals surface area contributed by atoms with Gasteiger partial charge in [0.15, 0.2) is 0 Å². The van der Waals surface area contributed by atoms with Gasteiger partial charge in [0.1, 0.15) is 0 Å². The summed E-state index contributed by atoms with van der Waals surface area (Å²) in [6.07, 6.45) is 4.59. The van der Waals surface area contributed by atoms with Gasteiger partial charge in [-0.05, 0) is 45.6 Å². The van der Waals surface area contributed by atoms with Crippen molar-refractivity contribution in [3.8, 4) is 0 Å². The Balaban J connectivity index is 1.51. The molecule has 122 valence electrons. The van der Waals surface area contributed by atoms with E-state index in [1.54, 1.807) is 0 Å². The number of ether oxygens (including phenoxy) is 2. The molecule has 0 unspecified atom stereocenters. The molecule has 1 N–H and O–H groups in total. The van der Waals surface area contributed by atoms with Crippen molar-refractivity contribution in [1.29, 1.82) is 0 Å². The average molecular weight is 298 g/mol. The van der Waals surface area contributed by atoms with Crippen LogP contribution in [0.15, 0.2) is 0 Å². The van der Waals surface area contributed by atoms with Crippen molar-refractivity contribution in [3.05, 3.63) is 0 Å². The summed E-state index contributed by atoms with van der Waals surface area (Å²) >= 11 is 0. The van der Waals surface area contributed by atoms with E-state index in [9.17, 15) is 4.79 Å². The molecule has 5 nitrogen and oxygen atoms in total. The van der Waals surface area contributed by atoms with Gasteiger partial charge < -0.3 is 19.7 Å². The van der Waals surface area contributed by atoms with E-state index < -0.39 is 0 Å². The topological polar surface area (TPSA) is 50.8 Å². The van der Waals surface area contributed by atoms with E-state index in [0.717, 1.165) is 52.0 Å². The van der Waals surface area contributed by atoms with Gasteiger partial charge in [-0.25, -0.2) is 0 Å². The van der Waals surface area contributed by atoms with Gasteiger partial charge in [-0.15, -0.1) is 0 Å². The molecule has 1 aliphatic heterocycles. The highest BCUT2D eigenvalue weighted by molar-refractivity contribution is 5.78. The summed E-state index contributed by atoms with van der Waals surface area (Å²) in [5, 5.41) is 3.02. The monoisotopic (exact) mass is 298 g/mol.